The third kappa shape index (κ3) is 3.81. The minimum Gasteiger partial charge on any atom is -0.481 e. The summed E-state index contributed by atoms with van der Waals surface area (Å²) in [6.45, 7) is 3.25. The smallest absolute Gasteiger partial charge is 0.307 e. The molecule has 2 rings (SSSR count). The van der Waals surface area contributed by atoms with E-state index in [2.05, 4.69) is 10.6 Å². The van der Waals surface area contributed by atoms with Crippen LogP contribution in [0.1, 0.15) is 31.9 Å². The normalized spacial score (nSPS) is 21.2. The molecule has 1 aliphatic rings. The number of carboxylic acids is 1. The summed E-state index contributed by atoms with van der Waals surface area (Å²) in [5.41, 5.74) is 1.51. The van der Waals surface area contributed by atoms with Crippen LogP contribution in [0.4, 0.5) is 5.69 Å². The van der Waals surface area contributed by atoms with Gasteiger partial charge in [-0.05, 0) is 31.0 Å². The molecule has 2 amide bonds. The van der Waals surface area contributed by atoms with Gasteiger partial charge in [-0.2, -0.15) is 0 Å². The van der Waals surface area contributed by atoms with Gasteiger partial charge < -0.3 is 15.7 Å². The number of anilines is 1. The topological polar surface area (TPSA) is 95.5 Å². The van der Waals surface area contributed by atoms with Crippen molar-refractivity contribution in [3.8, 4) is 0 Å². The number of carbonyl (C=O) groups is 3. The molecule has 1 unspecified atom stereocenters. The van der Waals surface area contributed by atoms with Crippen molar-refractivity contribution in [1.82, 2.24) is 5.32 Å². The maximum atomic E-state index is 11.9. The Morgan fingerprint density at radius 1 is 1.29 bits per heavy atom. The van der Waals surface area contributed by atoms with Crippen molar-refractivity contribution >= 4 is 23.5 Å². The van der Waals surface area contributed by atoms with Gasteiger partial charge in [0.05, 0.1) is 17.9 Å². The van der Waals surface area contributed by atoms with Crippen molar-refractivity contribution in [2.45, 2.75) is 26.3 Å². The van der Waals surface area contributed by atoms with Gasteiger partial charge in [-0.3, -0.25) is 14.4 Å². The van der Waals surface area contributed by atoms with Crippen LogP contribution in [0.15, 0.2) is 24.3 Å². The Morgan fingerprint density at radius 3 is 2.57 bits per heavy atom. The Labute approximate surface area is 122 Å². The number of carboxylic acid groups (broad SMARTS) is 1. The third-order valence-corrected chi connectivity index (χ3v) is 3.51. The van der Waals surface area contributed by atoms with Gasteiger partial charge in [-0.25, -0.2) is 0 Å². The summed E-state index contributed by atoms with van der Waals surface area (Å²) in [6, 6.07) is 6.94. The predicted molar refractivity (Wildman–Crippen MR) is 76.5 cm³/mol. The van der Waals surface area contributed by atoms with E-state index in [9.17, 15) is 14.4 Å². The Kier molecular flexibility index (Phi) is 4.26. The van der Waals surface area contributed by atoms with E-state index in [0.29, 0.717) is 12.1 Å². The Balaban J connectivity index is 1.97. The maximum absolute atomic E-state index is 11.9. The molecule has 1 fully saturated rings. The van der Waals surface area contributed by atoms with Gasteiger partial charge in [0.1, 0.15) is 0 Å². The van der Waals surface area contributed by atoms with Crippen LogP contribution in [0.2, 0.25) is 0 Å². The average Bonchev–Trinajstić information content (AvgIpc) is 3.18. The summed E-state index contributed by atoms with van der Waals surface area (Å²) < 4.78 is 0. The summed E-state index contributed by atoms with van der Waals surface area (Å²) >= 11 is 0. The lowest BCUT2D eigenvalue weighted by molar-refractivity contribution is -0.140. The molecule has 1 aromatic carbocycles. The maximum Gasteiger partial charge on any atom is 0.307 e. The highest BCUT2D eigenvalue weighted by Gasteiger charge is 2.48. The summed E-state index contributed by atoms with van der Waals surface area (Å²) in [7, 11) is 0. The van der Waals surface area contributed by atoms with Gasteiger partial charge in [0, 0.05) is 12.6 Å². The first-order valence-corrected chi connectivity index (χ1v) is 6.79. The van der Waals surface area contributed by atoms with Crippen LogP contribution in [0.3, 0.4) is 0 Å². The summed E-state index contributed by atoms with van der Waals surface area (Å²) in [4.78, 5) is 33.7. The SMILES string of the molecule is CC(=O)Nc1cccc(C(C)NC(=O)[C@@H]2C[C@@H]2C(=O)O)c1. The highest BCUT2D eigenvalue weighted by atomic mass is 16.4. The zero-order chi connectivity index (χ0) is 15.6. The first-order valence-electron chi connectivity index (χ1n) is 6.79. The third-order valence-electron chi connectivity index (χ3n) is 3.51. The minimum atomic E-state index is -0.921. The minimum absolute atomic E-state index is 0.161. The number of amides is 2. The van der Waals surface area contributed by atoms with Crippen molar-refractivity contribution in [1.29, 1.82) is 0 Å². The highest BCUT2D eigenvalue weighted by molar-refractivity contribution is 5.90. The molecule has 3 atom stereocenters. The van der Waals surface area contributed by atoms with E-state index in [4.69, 9.17) is 5.11 Å². The fraction of sp³-hybridized carbons (Fsp3) is 0.400. The van der Waals surface area contributed by atoms with E-state index in [0.717, 1.165) is 5.56 Å². The van der Waals surface area contributed by atoms with Crippen molar-refractivity contribution in [2.24, 2.45) is 11.8 Å². The molecular weight excluding hydrogens is 272 g/mol. The predicted octanol–water partition coefficient (Wildman–Crippen LogP) is 1.54. The molecule has 6 heteroatoms. The van der Waals surface area contributed by atoms with Gasteiger partial charge in [0.25, 0.3) is 0 Å². The Bertz CT molecular complexity index is 585. The lowest BCUT2D eigenvalue weighted by Crippen LogP contribution is -2.29. The van der Waals surface area contributed by atoms with E-state index in [-0.39, 0.29) is 17.9 Å². The van der Waals surface area contributed by atoms with Gasteiger partial charge in [-0.1, -0.05) is 12.1 Å². The summed E-state index contributed by atoms with van der Waals surface area (Å²) in [5.74, 6) is -2.30. The molecule has 0 bridgehead atoms. The van der Waals surface area contributed by atoms with Crippen molar-refractivity contribution < 1.29 is 19.5 Å². The average molecular weight is 290 g/mol. The fourth-order valence-corrected chi connectivity index (χ4v) is 2.25. The van der Waals surface area contributed by atoms with Crippen LogP contribution in [0.5, 0.6) is 0 Å². The number of hydrogen-bond donors (Lipinski definition) is 3. The second-order valence-corrected chi connectivity index (χ2v) is 5.32. The first kappa shape index (κ1) is 15.0. The molecular formula is C15H18N2O4. The first-order chi connectivity index (χ1) is 9.88. The quantitative estimate of drug-likeness (QED) is 0.766. The second kappa shape index (κ2) is 5.95. The molecule has 0 saturated heterocycles. The molecule has 1 aliphatic carbocycles. The van der Waals surface area contributed by atoms with Gasteiger partial charge in [-0.15, -0.1) is 0 Å². The van der Waals surface area contributed by atoms with Crippen LogP contribution in [0.25, 0.3) is 0 Å². The zero-order valence-electron chi connectivity index (χ0n) is 11.9. The molecule has 1 saturated carbocycles. The van der Waals surface area contributed by atoms with E-state index in [1.54, 1.807) is 18.2 Å². The number of benzene rings is 1. The standard InChI is InChI=1S/C15H18N2O4/c1-8(16-14(19)12-7-13(12)15(20)21)10-4-3-5-11(6-10)17-9(2)18/h3-6,8,12-13H,7H2,1-2H3,(H,16,19)(H,17,18)(H,20,21)/t8?,12-,13+/m1/s1. The molecule has 0 heterocycles. The van der Waals surface area contributed by atoms with E-state index in [1.165, 1.54) is 6.92 Å². The number of aliphatic carboxylic acids is 1. The molecule has 0 aromatic heterocycles. The van der Waals surface area contributed by atoms with Crippen molar-refractivity contribution in [2.75, 3.05) is 5.32 Å². The molecule has 0 aliphatic heterocycles. The van der Waals surface area contributed by atoms with Crippen LogP contribution in [-0.4, -0.2) is 22.9 Å². The number of hydrogen-bond acceptors (Lipinski definition) is 3. The number of carbonyl (C=O) groups excluding carboxylic acids is 2. The van der Waals surface area contributed by atoms with Crippen molar-refractivity contribution in [3.63, 3.8) is 0 Å². The molecule has 0 radical (unpaired) electrons. The Hall–Kier alpha value is -2.37. The summed E-state index contributed by atoms with van der Waals surface area (Å²) in [5, 5.41) is 14.3. The van der Waals surface area contributed by atoms with E-state index < -0.39 is 17.8 Å². The van der Waals surface area contributed by atoms with Crippen LogP contribution < -0.4 is 10.6 Å². The number of rotatable bonds is 5. The van der Waals surface area contributed by atoms with Crippen LogP contribution in [-0.2, 0) is 14.4 Å². The molecule has 21 heavy (non-hydrogen) atoms. The lowest BCUT2D eigenvalue weighted by atomic mass is 10.1. The second-order valence-electron chi connectivity index (χ2n) is 5.32. The lowest BCUT2D eigenvalue weighted by Gasteiger charge is -2.15. The van der Waals surface area contributed by atoms with Crippen LogP contribution in [0, 0.1) is 11.8 Å². The van der Waals surface area contributed by atoms with Crippen LogP contribution >= 0.6 is 0 Å². The zero-order valence-corrected chi connectivity index (χ0v) is 11.9. The largest absolute Gasteiger partial charge is 0.481 e. The van der Waals surface area contributed by atoms with E-state index in [1.807, 2.05) is 13.0 Å². The molecule has 3 N–H and O–H groups in total. The molecule has 6 nitrogen and oxygen atoms in total. The molecule has 0 spiro atoms. The monoisotopic (exact) mass is 290 g/mol. The van der Waals surface area contributed by atoms with Crippen molar-refractivity contribution in [3.05, 3.63) is 29.8 Å². The van der Waals surface area contributed by atoms with Gasteiger partial charge in [0.15, 0.2) is 0 Å². The molecule has 112 valence electrons. The van der Waals surface area contributed by atoms with Gasteiger partial charge in [0.2, 0.25) is 11.8 Å². The highest BCUT2D eigenvalue weighted by Crippen LogP contribution is 2.39. The fourth-order valence-electron chi connectivity index (χ4n) is 2.25. The number of nitrogens with one attached hydrogen (secondary N) is 2. The van der Waals surface area contributed by atoms with Gasteiger partial charge >= 0.3 is 5.97 Å². The summed E-state index contributed by atoms with van der Waals surface area (Å²) in [6.07, 6.45) is 0.403. The molecule has 1 aromatic rings. The van der Waals surface area contributed by atoms with E-state index >= 15 is 0 Å². The Morgan fingerprint density at radius 2 is 2.00 bits per heavy atom.